The third kappa shape index (κ3) is 1.98. The summed E-state index contributed by atoms with van der Waals surface area (Å²) in [6.45, 7) is 3.59. The Morgan fingerprint density at radius 3 is 2.00 bits per heavy atom. The van der Waals surface area contributed by atoms with Crippen LogP contribution in [0.25, 0.3) is 0 Å². The molecule has 0 bridgehead atoms. The van der Waals surface area contributed by atoms with Crippen molar-refractivity contribution in [3.05, 3.63) is 11.3 Å². The van der Waals surface area contributed by atoms with Crippen LogP contribution in [-0.4, -0.2) is 6.21 Å². The maximum Gasteiger partial charge on any atom is 0.0224 e. The van der Waals surface area contributed by atoms with E-state index in [9.17, 15) is 0 Å². The predicted octanol–water partition coefficient (Wildman–Crippen LogP) is 0.889. The topological polar surface area (TPSA) is 49.9 Å². The fourth-order valence-corrected chi connectivity index (χ4v) is 0.114. The fraction of sp³-hybridized carbons (Fsp3) is 0.400. The van der Waals surface area contributed by atoms with E-state index >= 15 is 0 Å². The standard InChI is InChI=1S/C5H10N2/c1-4(3-6)5(2)7/h3,6H,7H2,1-2H3. The average molecular weight is 98.1 g/mol. The third-order valence-corrected chi connectivity index (χ3v) is 0.839. The van der Waals surface area contributed by atoms with Gasteiger partial charge in [-0.05, 0) is 19.4 Å². The summed E-state index contributed by atoms with van der Waals surface area (Å²) in [5.74, 6) is 0. The largest absolute Gasteiger partial charge is 0.402 e. The van der Waals surface area contributed by atoms with Gasteiger partial charge in [0.25, 0.3) is 0 Å². The van der Waals surface area contributed by atoms with Gasteiger partial charge in [-0.15, -0.1) is 0 Å². The molecule has 3 N–H and O–H groups in total. The van der Waals surface area contributed by atoms with Crippen LogP contribution in [0, 0.1) is 5.41 Å². The van der Waals surface area contributed by atoms with Crippen molar-refractivity contribution >= 4 is 6.21 Å². The summed E-state index contributed by atoms with van der Waals surface area (Å²) in [4.78, 5) is 0. The molecule has 0 fully saturated rings. The lowest BCUT2D eigenvalue weighted by molar-refractivity contribution is 1.26. The third-order valence-electron chi connectivity index (χ3n) is 0.839. The maximum atomic E-state index is 6.68. The van der Waals surface area contributed by atoms with Gasteiger partial charge >= 0.3 is 0 Å². The van der Waals surface area contributed by atoms with Crippen LogP contribution in [0.1, 0.15) is 13.8 Å². The molecule has 2 heteroatoms. The monoisotopic (exact) mass is 98.1 g/mol. The molecule has 0 amide bonds. The molecule has 0 heterocycles. The zero-order chi connectivity index (χ0) is 5.86. The first-order valence-electron chi connectivity index (χ1n) is 2.12. The van der Waals surface area contributed by atoms with Crippen LogP contribution in [0.5, 0.6) is 0 Å². The first kappa shape index (κ1) is 6.21. The normalized spacial score (nSPS) is 12.9. The van der Waals surface area contributed by atoms with E-state index in [1.165, 1.54) is 6.21 Å². The highest BCUT2D eigenvalue weighted by Gasteiger charge is 1.81. The molecule has 0 aliphatic rings. The molecule has 0 aromatic rings. The van der Waals surface area contributed by atoms with Crippen molar-refractivity contribution in [3.63, 3.8) is 0 Å². The summed E-state index contributed by atoms with van der Waals surface area (Å²) >= 11 is 0. The average Bonchev–Trinajstić information content (AvgIpc) is 1.65. The molecule has 0 saturated carbocycles. The van der Waals surface area contributed by atoms with E-state index < -0.39 is 0 Å². The van der Waals surface area contributed by atoms with Gasteiger partial charge in [-0.25, -0.2) is 0 Å². The van der Waals surface area contributed by atoms with Crippen molar-refractivity contribution in [2.24, 2.45) is 5.73 Å². The second-order valence-corrected chi connectivity index (χ2v) is 1.51. The number of hydrogen-bond acceptors (Lipinski definition) is 2. The Hall–Kier alpha value is -0.790. The first-order chi connectivity index (χ1) is 3.18. The van der Waals surface area contributed by atoms with Crippen LogP contribution in [-0.2, 0) is 0 Å². The summed E-state index contributed by atoms with van der Waals surface area (Å²) in [5, 5.41) is 6.68. The summed E-state index contributed by atoms with van der Waals surface area (Å²) in [6, 6.07) is 0. The van der Waals surface area contributed by atoms with Crippen LogP contribution in [0.15, 0.2) is 11.3 Å². The Morgan fingerprint density at radius 2 is 2.00 bits per heavy atom. The summed E-state index contributed by atoms with van der Waals surface area (Å²) in [7, 11) is 0. The molecule has 0 unspecified atom stereocenters. The number of hydrogen-bond donors (Lipinski definition) is 2. The molecule has 0 aliphatic heterocycles. The van der Waals surface area contributed by atoms with Crippen LogP contribution >= 0.6 is 0 Å². The number of nitrogens with one attached hydrogen (secondary N) is 1. The molecule has 0 spiro atoms. The molecule has 40 valence electrons. The Kier molecular flexibility index (Phi) is 2.12. The van der Waals surface area contributed by atoms with Gasteiger partial charge in [0.15, 0.2) is 0 Å². The van der Waals surface area contributed by atoms with Crippen molar-refractivity contribution in [1.29, 1.82) is 5.41 Å². The van der Waals surface area contributed by atoms with Crippen molar-refractivity contribution in [2.75, 3.05) is 0 Å². The molecule has 0 aromatic heterocycles. The van der Waals surface area contributed by atoms with Crippen molar-refractivity contribution in [1.82, 2.24) is 0 Å². The molecule has 0 radical (unpaired) electrons. The lowest BCUT2D eigenvalue weighted by Gasteiger charge is -1.89. The van der Waals surface area contributed by atoms with Crippen molar-refractivity contribution < 1.29 is 0 Å². The van der Waals surface area contributed by atoms with Gasteiger partial charge in [0, 0.05) is 11.9 Å². The van der Waals surface area contributed by atoms with E-state index in [1.807, 2.05) is 6.92 Å². The zero-order valence-electron chi connectivity index (χ0n) is 4.65. The minimum absolute atomic E-state index is 0.718. The van der Waals surface area contributed by atoms with Crippen LogP contribution < -0.4 is 5.73 Å². The second-order valence-electron chi connectivity index (χ2n) is 1.51. The highest BCUT2D eigenvalue weighted by Crippen LogP contribution is 1.88. The van der Waals surface area contributed by atoms with Gasteiger partial charge in [0.05, 0.1) is 0 Å². The minimum Gasteiger partial charge on any atom is -0.402 e. The molecule has 2 nitrogen and oxygen atoms in total. The molecule has 0 aromatic carbocycles. The molecule has 7 heavy (non-hydrogen) atoms. The minimum atomic E-state index is 0.718. The summed E-state index contributed by atoms with van der Waals surface area (Å²) in [6.07, 6.45) is 1.25. The van der Waals surface area contributed by atoms with Gasteiger partial charge in [0.1, 0.15) is 0 Å². The molecular weight excluding hydrogens is 88.1 g/mol. The van der Waals surface area contributed by atoms with E-state index in [-0.39, 0.29) is 0 Å². The molecule has 0 rings (SSSR count). The highest BCUT2D eigenvalue weighted by molar-refractivity contribution is 5.75. The molecule has 0 saturated heterocycles. The predicted molar refractivity (Wildman–Crippen MR) is 31.3 cm³/mol. The van der Waals surface area contributed by atoms with Crippen LogP contribution in [0.4, 0.5) is 0 Å². The maximum absolute atomic E-state index is 6.68. The Balaban J connectivity index is 3.98. The molecule has 0 aliphatic carbocycles. The van der Waals surface area contributed by atoms with Gasteiger partial charge in [-0.1, -0.05) is 0 Å². The van der Waals surface area contributed by atoms with E-state index in [4.69, 9.17) is 11.1 Å². The number of allylic oxidation sites excluding steroid dienone is 2. The zero-order valence-corrected chi connectivity index (χ0v) is 4.65. The van der Waals surface area contributed by atoms with E-state index in [0.29, 0.717) is 0 Å². The van der Waals surface area contributed by atoms with Gasteiger partial charge in [-0.3, -0.25) is 0 Å². The first-order valence-corrected chi connectivity index (χ1v) is 2.12. The smallest absolute Gasteiger partial charge is 0.0224 e. The number of rotatable bonds is 1. The van der Waals surface area contributed by atoms with Gasteiger partial charge < -0.3 is 11.1 Å². The van der Waals surface area contributed by atoms with Crippen molar-refractivity contribution in [2.45, 2.75) is 13.8 Å². The van der Waals surface area contributed by atoms with Crippen LogP contribution in [0.3, 0.4) is 0 Å². The Labute approximate surface area is 43.5 Å². The number of nitrogens with two attached hydrogens (primary N) is 1. The summed E-state index contributed by atoms with van der Waals surface area (Å²) < 4.78 is 0. The van der Waals surface area contributed by atoms with E-state index in [2.05, 4.69) is 0 Å². The molecular formula is C5H10N2. The summed E-state index contributed by atoms with van der Waals surface area (Å²) in [5.41, 5.74) is 6.83. The van der Waals surface area contributed by atoms with Crippen LogP contribution in [0.2, 0.25) is 0 Å². The van der Waals surface area contributed by atoms with Crippen molar-refractivity contribution in [3.8, 4) is 0 Å². The molecule has 0 atom stereocenters. The van der Waals surface area contributed by atoms with Gasteiger partial charge in [-0.2, -0.15) is 0 Å². The lowest BCUT2D eigenvalue weighted by atomic mass is 10.3. The Morgan fingerprint density at radius 1 is 1.57 bits per heavy atom. The van der Waals surface area contributed by atoms with E-state index in [1.54, 1.807) is 6.92 Å². The lowest BCUT2D eigenvalue weighted by Crippen LogP contribution is -1.95. The fourth-order valence-electron chi connectivity index (χ4n) is 0.114. The highest BCUT2D eigenvalue weighted by atomic mass is 14.6. The van der Waals surface area contributed by atoms with E-state index in [0.717, 1.165) is 11.3 Å². The SMILES string of the molecule is CC(N)=C(C)C=N. The quantitative estimate of drug-likeness (QED) is 0.470. The second kappa shape index (κ2) is 2.39. The van der Waals surface area contributed by atoms with Gasteiger partial charge in [0.2, 0.25) is 0 Å². The Bertz CT molecular complexity index is 98.6.